The zero-order valence-corrected chi connectivity index (χ0v) is 17.5. The second kappa shape index (κ2) is 9.54. The van der Waals surface area contributed by atoms with Crippen molar-refractivity contribution in [3.63, 3.8) is 0 Å². The second-order valence-corrected chi connectivity index (χ2v) is 7.79. The third-order valence-corrected chi connectivity index (χ3v) is 5.66. The molecule has 0 aliphatic heterocycles. The number of thioether (sulfide) groups is 1. The summed E-state index contributed by atoms with van der Waals surface area (Å²) < 4.78 is 43.1. The Balaban J connectivity index is 2.59. The number of halogens is 4. The molecule has 1 atom stereocenters. The normalized spacial score (nSPS) is 12.4. The van der Waals surface area contributed by atoms with E-state index < -0.39 is 23.3 Å². The van der Waals surface area contributed by atoms with E-state index in [0.717, 1.165) is 16.7 Å². The van der Waals surface area contributed by atoms with Gasteiger partial charge in [0.2, 0.25) is 0 Å². The van der Waals surface area contributed by atoms with Crippen LogP contribution in [-0.2, 0) is 14.3 Å². The molecular formula is C20H19ClF3NO3S. The van der Waals surface area contributed by atoms with E-state index in [2.05, 4.69) is 0 Å². The van der Waals surface area contributed by atoms with Crippen molar-refractivity contribution in [3.8, 4) is 0 Å². The number of nitrogens with one attached hydrogen (secondary N) is 1. The van der Waals surface area contributed by atoms with Gasteiger partial charge in [0.1, 0.15) is 0 Å². The predicted molar refractivity (Wildman–Crippen MR) is 108 cm³/mol. The number of esters is 1. The lowest BCUT2D eigenvalue weighted by Crippen LogP contribution is -2.30. The van der Waals surface area contributed by atoms with E-state index in [1.165, 1.54) is 37.1 Å². The van der Waals surface area contributed by atoms with Crippen molar-refractivity contribution in [2.75, 3.05) is 18.2 Å². The molecule has 0 bridgehead atoms. The molecule has 0 aliphatic rings. The third-order valence-electron chi connectivity index (χ3n) is 4.20. The number of hydrogen-bond acceptors (Lipinski definition) is 4. The Kier molecular flexibility index (Phi) is 7.60. The lowest BCUT2D eigenvalue weighted by molar-refractivity contribution is -0.167. The number of ether oxygens (including phenoxy) is 1. The molecule has 0 fully saturated rings. The summed E-state index contributed by atoms with van der Waals surface area (Å²) in [5.74, 6) is -2.60. The van der Waals surface area contributed by atoms with Crippen LogP contribution in [0.2, 0.25) is 5.02 Å². The number of anilines is 1. The maximum atomic E-state index is 12.8. The molecule has 0 spiro atoms. The Morgan fingerprint density at radius 3 is 2.34 bits per heavy atom. The van der Waals surface area contributed by atoms with E-state index in [-0.39, 0.29) is 11.4 Å². The molecule has 0 radical (unpaired) electrons. The molecule has 0 heterocycles. The first-order valence-corrected chi connectivity index (χ1v) is 9.89. The Morgan fingerprint density at radius 1 is 1.17 bits per heavy atom. The van der Waals surface area contributed by atoms with Crippen molar-refractivity contribution in [1.29, 1.82) is 0 Å². The molecule has 0 aromatic heterocycles. The third kappa shape index (κ3) is 5.90. The molecule has 4 nitrogen and oxygen atoms in total. The average molecular weight is 446 g/mol. The molecule has 156 valence electrons. The smallest absolute Gasteiger partial charge is 0.468 e. The van der Waals surface area contributed by atoms with Crippen LogP contribution in [-0.4, -0.2) is 30.9 Å². The van der Waals surface area contributed by atoms with Gasteiger partial charge in [-0.25, -0.2) is 0 Å². The predicted octanol–water partition coefficient (Wildman–Crippen LogP) is 5.45. The minimum atomic E-state index is -5.04. The molecule has 1 unspecified atom stereocenters. The molecule has 1 N–H and O–H groups in total. The second-order valence-electron chi connectivity index (χ2n) is 6.26. The monoisotopic (exact) mass is 445 g/mol. The Morgan fingerprint density at radius 2 is 1.79 bits per heavy atom. The van der Waals surface area contributed by atoms with E-state index in [1.54, 1.807) is 0 Å². The van der Waals surface area contributed by atoms with Crippen molar-refractivity contribution in [2.24, 2.45) is 0 Å². The summed E-state index contributed by atoms with van der Waals surface area (Å²) in [6.45, 7) is 3.74. The summed E-state index contributed by atoms with van der Waals surface area (Å²) >= 11 is 7.29. The van der Waals surface area contributed by atoms with Gasteiger partial charge in [-0.3, -0.25) is 9.59 Å². The summed E-state index contributed by atoms with van der Waals surface area (Å²) in [5.41, 5.74) is 2.94. The van der Waals surface area contributed by atoms with Crippen molar-refractivity contribution in [2.45, 2.75) is 25.3 Å². The molecule has 1 amide bonds. The van der Waals surface area contributed by atoms with Crippen LogP contribution in [0.1, 0.15) is 27.5 Å². The first-order chi connectivity index (χ1) is 13.5. The highest BCUT2D eigenvalue weighted by Crippen LogP contribution is 2.43. The van der Waals surface area contributed by atoms with Gasteiger partial charge in [0.05, 0.1) is 18.1 Å². The fourth-order valence-corrected chi connectivity index (χ4v) is 4.35. The van der Waals surface area contributed by atoms with Gasteiger partial charge in [-0.2, -0.15) is 13.2 Å². The number of benzene rings is 2. The van der Waals surface area contributed by atoms with Gasteiger partial charge in [-0.15, -0.1) is 11.8 Å². The highest BCUT2D eigenvalue weighted by Gasteiger charge is 2.39. The summed E-state index contributed by atoms with van der Waals surface area (Å²) in [5, 5.41) is 1.65. The number of carbonyl (C=O) groups excluding carboxylic acids is 2. The van der Waals surface area contributed by atoms with Crippen LogP contribution in [0.4, 0.5) is 18.9 Å². The Hall–Kier alpha value is -2.19. The van der Waals surface area contributed by atoms with Crippen molar-refractivity contribution >= 4 is 40.9 Å². The van der Waals surface area contributed by atoms with Gasteiger partial charge < -0.3 is 10.1 Å². The standard InChI is InChI=1S/C20H19ClF3NO3S/c1-11-5-4-6-12(2)17(11)18(29-10-16(26)28-3)14-9-13(21)7-8-15(14)25-19(27)20(22,23)24/h4-9,18H,10H2,1-3H3,(H,25,27). The zero-order chi connectivity index (χ0) is 21.8. The first-order valence-electron chi connectivity index (χ1n) is 8.46. The van der Waals surface area contributed by atoms with Gasteiger partial charge in [-0.1, -0.05) is 29.8 Å². The van der Waals surface area contributed by atoms with Gasteiger partial charge in [-0.05, 0) is 54.3 Å². The fraction of sp³-hybridized carbons (Fsp3) is 0.300. The highest BCUT2D eigenvalue weighted by molar-refractivity contribution is 8.00. The van der Waals surface area contributed by atoms with Crippen molar-refractivity contribution in [3.05, 3.63) is 63.7 Å². The van der Waals surface area contributed by atoms with Gasteiger partial charge in [0.15, 0.2) is 0 Å². The molecule has 0 saturated carbocycles. The largest absolute Gasteiger partial charge is 0.471 e. The molecular weight excluding hydrogens is 427 g/mol. The van der Waals surface area contributed by atoms with Crippen LogP contribution >= 0.6 is 23.4 Å². The molecule has 0 aliphatic carbocycles. The molecule has 9 heteroatoms. The molecule has 2 aromatic rings. The number of amides is 1. The number of rotatable bonds is 6. The summed E-state index contributed by atoms with van der Waals surface area (Å²) in [4.78, 5) is 23.2. The first kappa shape index (κ1) is 23.1. The van der Waals surface area contributed by atoms with E-state index in [4.69, 9.17) is 16.3 Å². The van der Waals surface area contributed by atoms with Gasteiger partial charge in [0.25, 0.3) is 0 Å². The highest BCUT2D eigenvalue weighted by atomic mass is 35.5. The lowest BCUT2D eigenvalue weighted by Gasteiger charge is -2.24. The number of carbonyl (C=O) groups is 2. The minimum absolute atomic E-state index is 0.0262. The molecule has 2 aromatic carbocycles. The maximum Gasteiger partial charge on any atom is 0.471 e. The Labute approximate surface area is 175 Å². The van der Waals surface area contributed by atoms with Crippen LogP contribution in [0.5, 0.6) is 0 Å². The number of hydrogen-bond donors (Lipinski definition) is 1. The lowest BCUT2D eigenvalue weighted by atomic mass is 9.94. The van der Waals surface area contributed by atoms with Crippen LogP contribution in [0.25, 0.3) is 0 Å². The SMILES string of the molecule is COC(=O)CSC(c1cc(Cl)ccc1NC(=O)C(F)(F)F)c1c(C)cccc1C. The summed E-state index contributed by atoms with van der Waals surface area (Å²) in [7, 11) is 1.26. The fourth-order valence-electron chi connectivity index (χ4n) is 2.84. The van der Waals surface area contributed by atoms with Crippen LogP contribution in [0, 0.1) is 13.8 Å². The summed E-state index contributed by atoms with van der Waals surface area (Å²) in [6.07, 6.45) is -5.04. The van der Waals surface area contributed by atoms with E-state index in [0.29, 0.717) is 10.6 Å². The minimum Gasteiger partial charge on any atom is -0.468 e. The summed E-state index contributed by atoms with van der Waals surface area (Å²) in [6, 6.07) is 9.80. The topological polar surface area (TPSA) is 55.4 Å². The number of aryl methyl sites for hydroxylation is 2. The van der Waals surface area contributed by atoms with Crippen molar-refractivity contribution < 1.29 is 27.5 Å². The van der Waals surface area contributed by atoms with Crippen LogP contribution in [0.3, 0.4) is 0 Å². The van der Waals surface area contributed by atoms with Gasteiger partial charge >= 0.3 is 18.1 Å². The Bertz CT molecular complexity index is 898. The quantitative estimate of drug-likeness (QED) is 0.600. The van der Waals surface area contributed by atoms with Crippen LogP contribution in [0.15, 0.2) is 36.4 Å². The van der Waals surface area contributed by atoms with E-state index >= 15 is 0 Å². The zero-order valence-electron chi connectivity index (χ0n) is 15.9. The molecule has 29 heavy (non-hydrogen) atoms. The van der Waals surface area contributed by atoms with Gasteiger partial charge in [0, 0.05) is 10.7 Å². The number of alkyl halides is 3. The van der Waals surface area contributed by atoms with Crippen molar-refractivity contribution in [1.82, 2.24) is 0 Å². The van der Waals surface area contributed by atoms with E-state index in [1.807, 2.05) is 37.4 Å². The molecule has 0 saturated heterocycles. The molecule has 2 rings (SSSR count). The number of methoxy groups -OCH3 is 1. The van der Waals surface area contributed by atoms with E-state index in [9.17, 15) is 22.8 Å². The average Bonchev–Trinajstić information content (AvgIpc) is 2.64. The van der Waals surface area contributed by atoms with Crippen LogP contribution < -0.4 is 5.32 Å². The maximum absolute atomic E-state index is 12.8.